The number of nitrogens with zero attached hydrogens (tertiary/aromatic N) is 2. The maximum absolute atomic E-state index is 10.9. The van der Waals surface area contributed by atoms with Gasteiger partial charge in [0.2, 0.25) is 0 Å². The average molecular weight is 246 g/mol. The molecule has 18 heavy (non-hydrogen) atoms. The van der Waals surface area contributed by atoms with Crippen LogP contribution in [0.3, 0.4) is 0 Å². The minimum absolute atomic E-state index is 0.0110. The normalized spacial score (nSPS) is 24.8. The Morgan fingerprint density at radius 3 is 2.78 bits per heavy atom. The predicted octanol–water partition coefficient (Wildman–Crippen LogP) is 3.37. The van der Waals surface area contributed by atoms with Gasteiger partial charge in [0, 0.05) is 12.1 Å². The van der Waals surface area contributed by atoms with E-state index < -0.39 is 0 Å². The lowest BCUT2D eigenvalue weighted by atomic mass is 9.87. The number of rotatable bonds is 4. The van der Waals surface area contributed by atoms with E-state index in [2.05, 4.69) is 11.9 Å². The van der Waals surface area contributed by atoms with E-state index in [1.165, 1.54) is 32.1 Å². The van der Waals surface area contributed by atoms with Gasteiger partial charge in [-0.15, -0.1) is 0 Å². The predicted molar refractivity (Wildman–Crippen MR) is 75.0 cm³/mol. The monoisotopic (exact) mass is 246 g/mol. The summed E-state index contributed by atoms with van der Waals surface area (Å²) in [6, 6.07) is 0.0110. The molecule has 1 aliphatic heterocycles. The smallest absolute Gasteiger partial charge is 0.131 e. The third-order valence-corrected chi connectivity index (χ3v) is 3.90. The van der Waals surface area contributed by atoms with Gasteiger partial charge in [-0.05, 0) is 19.3 Å². The lowest BCUT2D eigenvalue weighted by Gasteiger charge is -2.24. The van der Waals surface area contributed by atoms with E-state index in [1.54, 1.807) is 6.21 Å². The summed E-state index contributed by atoms with van der Waals surface area (Å²) >= 11 is 0. The second-order valence-corrected chi connectivity index (χ2v) is 5.30. The number of carbonyl (C=O) groups excluding carboxylic acids is 1. The Balaban J connectivity index is 2.08. The first-order chi connectivity index (χ1) is 8.85. The molecule has 1 saturated carbocycles. The maximum Gasteiger partial charge on any atom is 0.131 e. The van der Waals surface area contributed by atoms with Crippen LogP contribution in [0.15, 0.2) is 15.6 Å². The minimum Gasteiger partial charge on any atom is -0.261 e. The molecule has 3 heteroatoms. The van der Waals surface area contributed by atoms with Gasteiger partial charge in [-0.2, -0.15) is 0 Å². The Hall–Kier alpha value is -1.21. The average Bonchev–Trinajstić information content (AvgIpc) is 2.45. The van der Waals surface area contributed by atoms with Crippen molar-refractivity contribution in [2.45, 2.75) is 64.3 Å². The zero-order chi connectivity index (χ0) is 12.8. The fraction of sp³-hybridized carbons (Fsp3) is 0.733. The number of amidine groups is 1. The van der Waals surface area contributed by atoms with Crippen LogP contribution < -0.4 is 0 Å². The van der Waals surface area contributed by atoms with Crippen molar-refractivity contribution in [3.8, 4) is 0 Å². The van der Waals surface area contributed by atoms with Crippen molar-refractivity contribution in [1.82, 2.24) is 0 Å². The molecule has 1 heterocycles. The van der Waals surface area contributed by atoms with Gasteiger partial charge >= 0.3 is 0 Å². The quantitative estimate of drug-likeness (QED) is 0.701. The largest absolute Gasteiger partial charge is 0.261 e. The van der Waals surface area contributed by atoms with Crippen molar-refractivity contribution in [1.29, 1.82) is 0 Å². The number of hydrogen-bond donors (Lipinski definition) is 0. The third-order valence-electron chi connectivity index (χ3n) is 3.90. The van der Waals surface area contributed by atoms with Gasteiger partial charge in [0.25, 0.3) is 0 Å². The molecule has 2 aliphatic rings. The Labute approximate surface area is 109 Å². The summed E-state index contributed by atoms with van der Waals surface area (Å²) in [5.74, 6) is 3.50. The molecular weight excluding hydrogens is 224 g/mol. The van der Waals surface area contributed by atoms with Crippen molar-refractivity contribution in [2.75, 3.05) is 0 Å². The van der Waals surface area contributed by atoms with E-state index in [9.17, 15) is 4.79 Å². The zero-order valence-electron chi connectivity index (χ0n) is 11.2. The molecule has 0 bridgehead atoms. The molecule has 0 aromatic heterocycles. The van der Waals surface area contributed by atoms with Gasteiger partial charge in [0.1, 0.15) is 11.8 Å². The van der Waals surface area contributed by atoms with Crippen LogP contribution in [-0.4, -0.2) is 24.0 Å². The Bertz CT molecular complexity index is 385. The number of aliphatic imine (C=N–C) groups is 2. The summed E-state index contributed by atoms with van der Waals surface area (Å²) in [5.41, 5.74) is 0.628. The highest BCUT2D eigenvalue weighted by Crippen LogP contribution is 2.28. The second kappa shape index (κ2) is 6.65. The molecule has 1 aliphatic carbocycles. The topological polar surface area (TPSA) is 41.8 Å². The van der Waals surface area contributed by atoms with E-state index in [0.29, 0.717) is 11.5 Å². The molecule has 2 rings (SSSR count). The highest BCUT2D eigenvalue weighted by molar-refractivity contribution is 6.03. The molecular formula is C15H22N2O. The van der Waals surface area contributed by atoms with Crippen LogP contribution in [0.25, 0.3) is 0 Å². The van der Waals surface area contributed by atoms with Crippen molar-refractivity contribution < 1.29 is 4.79 Å². The highest BCUT2D eigenvalue weighted by Gasteiger charge is 2.24. The molecule has 1 fully saturated rings. The Morgan fingerprint density at radius 2 is 2.11 bits per heavy atom. The first kappa shape index (κ1) is 13.2. The fourth-order valence-electron chi connectivity index (χ4n) is 2.77. The number of unbranched alkanes of at least 4 members (excludes halogenated alkanes) is 1. The van der Waals surface area contributed by atoms with Gasteiger partial charge < -0.3 is 0 Å². The van der Waals surface area contributed by atoms with Gasteiger partial charge in [-0.25, -0.2) is 9.79 Å². The fourth-order valence-corrected chi connectivity index (χ4v) is 2.77. The van der Waals surface area contributed by atoms with Crippen molar-refractivity contribution in [3.05, 3.63) is 5.57 Å². The lowest BCUT2D eigenvalue weighted by Crippen LogP contribution is -2.24. The van der Waals surface area contributed by atoms with Gasteiger partial charge in [-0.3, -0.25) is 4.99 Å². The van der Waals surface area contributed by atoms with E-state index in [-0.39, 0.29) is 6.04 Å². The molecule has 0 aromatic rings. The summed E-state index contributed by atoms with van der Waals surface area (Å²) in [4.78, 5) is 20.0. The van der Waals surface area contributed by atoms with E-state index >= 15 is 0 Å². The maximum atomic E-state index is 10.9. The van der Waals surface area contributed by atoms with Crippen LogP contribution in [0.5, 0.6) is 0 Å². The molecule has 0 aromatic carbocycles. The molecule has 1 unspecified atom stereocenters. The zero-order valence-corrected chi connectivity index (χ0v) is 11.2. The molecule has 1 atom stereocenters. The first-order valence-corrected chi connectivity index (χ1v) is 7.22. The summed E-state index contributed by atoms with van der Waals surface area (Å²) < 4.78 is 0. The molecule has 3 nitrogen and oxygen atoms in total. The summed E-state index contributed by atoms with van der Waals surface area (Å²) in [6.07, 6.45) is 11.2. The van der Waals surface area contributed by atoms with Crippen LogP contribution in [0.4, 0.5) is 0 Å². The Morgan fingerprint density at radius 1 is 1.33 bits per heavy atom. The summed E-state index contributed by atoms with van der Waals surface area (Å²) in [7, 11) is 0. The van der Waals surface area contributed by atoms with Gasteiger partial charge in [0.05, 0.1) is 11.6 Å². The van der Waals surface area contributed by atoms with Gasteiger partial charge in [-0.1, -0.05) is 39.0 Å². The van der Waals surface area contributed by atoms with E-state index in [4.69, 9.17) is 4.99 Å². The molecule has 0 amide bonds. The van der Waals surface area contributed by atoms with Crippen LogP contribution in [0, 0.1) is 5.92 Å². The molecule has 0 saturated heterocycles. The molecule has 98 valence electrons. The molecule has 0 radical (unpaired) electrons. The SMILES string of the molecule is CCCCC1N=C(C2CCCCC2)N=CC1=C=O. The molecule has 0 spiro atoms. The van der Waals surface area contributed by atoms with Crippen LogP contribution in [0.2, 0.25) is 0 Å². The summed E-state index contributed by atoms with van der Waals surface area (Å²) in [6.45, 7) is 2.16. The van der Waals surface area contributed by atoms with E-state index in [0.717, 1.165) is 25.1 Å². The van der Waals surface area contributed by atoms with Crippen LogP contribution in [0.1, 0.15) is 58.3 Å². The molecule has 0 N–H and O–H groups in total. The van der Waals surface area contributed by atoms with Crippen molar-refractivity contribution in [2.24, 2.45) is 15.9 Å². The Kier molecular flexibility index (Phi) is 4.89. The van der Waals surface area contributed by atoms with Crippen LogP contribution in [-0.2, 0) is 4.79 Å². The minimum atomic E-state index is 0.0110. The third kappa shape index (κ3) is 3.17. The number of hydrogen-bond acceptors (Lipinski definition) is 3. The highest BCUT2D eigenvalue weighted by atomic mass is 16.1. The lowest BCUT2D eigenvalue weighted by molar-refractivity contribution is 0.435. The summed E-state index contributed by atoms with van der Waals surface area (Å²) in [5, 5.41) is 0. The second-order valence-electron chi connectivity index (χ2n) is 5.30. The standard InChI is InChI=1S/C15H22N2O/c1-2-3-9-14-13(11-18)10-16-15(17-14)12-7-5-4-6-8-12/h10,12,14H,2-9H2,1H3. The van der Waals surface area contributed by atoms with Crippen molar-refractivity contribution in [3.63, 3.8) is 0 Å². The van der Waals surface area contributed by atoms with Crippen molar-refractivity contribution >= 4 is 18.0 Å². The van der Waals surface area contributed by atoms with Crippen LogP contribution >= 0.6 is 0 Å². The van der Waals surface area contributed by atoms with E-state index in [1.807, 2.05) is 5.94 Å². The first-order valence-electron chi connectivity index (χ1n) is 7.22. The van der Waals surface area contributed by atoms with Gasteiger partial charge in [0.15, 0.2) is 0 Å².